The predicted octanol–water partition coefficient (Wildman–Crippen LogP) is 3.51. The van der Waals surface area contributed by atoms with E-state index in [9.17, 15) is 8.42 Å². The van der Waals surface area contributed by atoms with E-state index in [1.807, 2.05) is 0 Å². The number of hydrogen-bond acceptors (Lipinski definition) is 2. The molecule has 0 saturated carbocycles. The molecule has 0 spiro atoms. The molecular weight excluding hydrogens is 393 g/mol. The van der Waals surface area contributed by atoms with Gasteiger partial charge in [-0.15, -0.1) is 0 Å². The quantitative estimate of drug-likeness (QED) is 0.703. The highest BCUT2D eigenvalue weighted by Gasteiger charge is 2.22. The molecule has 1 aromatic carbocycles. The molecule has 96 valence electrons. The normalized spacial score (nSPS) is 12.1. The first-order valence-electron chi connectivity index (χ1n) is 4.87. The maximum Gasteiger partial charge on any atom is 0.244 e. The fourth-order valence-electron chi connectivity index (χ4n) is 1.25. The van der Waals surface area contributed by atoms with E-state index in [0.29, 0.717) is 6.54 Å². The average molecular weight is 406 g/mol. The van der Waals surface area contributed by atoms with E-state index in [1.54, 1.807) is 19.2 Å². The third-order valence-corrected chi connectivity index (χ3v) is 5.58. The summed E-state index contributed by atoms with van der Waals surface area (Å²) in [6, 6.07) is 4.75. The maximum atomic E-state index is 12.2. The highest BCUT2D eigenvalue weighted by molar-refractivity contribution is 9.10. The Bertz CT molecular complexity index is 493. The Morgan fingerprint density at radius 3 is 2.59 bits per heavy atom. The van der Waals surface area contributed by atoms with Gasteiger partial charge in [-0.2, -0.15) is 0 Å². The summed E-state index contributed by atoms with van der Waals surface area (Å²) in [7, 11) is -1.95. The third-order valence-electron chi connectivity index (χ3n) is 2.19. The van der Waals surface area contributed by atoms with Crippen LogP contribution in [0.1, 0.15) is 6.42 Å². The standard InChI is InChI=1S/C10H12Br2ClNO2S/c1-14(6-2-5-11)17(15,16)10-4-3-8(12)7-9(10)13/h3-4,7H,2,5-6H2,1H3. The van der Waals surface area contributed by atoms with E-state index in [1.165, 1.54) is 10.4 Å². The van der Waals surface area contributed by atoms with Gasteiger partial charge in [0.2, 0.25) is 10.0 Å². The Morgan fingerprint density at radius 2 is 2.06 bits per heavy atom. The minimum atomic E-state index is -3.50. The smallest absolute Gasteiger partial charge is 0.207 e. The van der Waals surface area contributed by atoms with Gasteiger partial charge >= 0.3 is 0 Å². The van der Waals surface area contributed by atoms with E-state index in [-0.39, 0.29) is 9.92 Å². The number of alkyl halides is 1. The highest BCUT2D eigenvalue weighted by Crippen LogP contribution is 2.27. The van der Waals surface area contributed by atoms with Crippen molar-refractivity contribution in [2.45, 2.75) is 11.3 Å². The number of nitrogens with zero attached hydrogens (tertiary/aromatic N) is 1. The lowest BCUT2D eigenvalue weighted by molar-refractivity contribution is 0.470. The van der Waals surface area contributed by atoms with Gasteiger partial charge in [-0.05, 0) is 24.6 Å². The van der Waals surface area contributed by atoms with Crippen LogP contribution in [0.5, 0.6) is 0 Å². The van der Waals surface area contributed by atoms with Crippen molar-refractivity contribution in [1.29, 1.82) is 0 Å². The van der Waals surface area contributed by atoms with Crippen LogP contribution in [0.25, 0.3) is 0 Å². The molecule has 0 fully saturated rings. The molecule has 0 aliphatic heterocycles. The van der Waals surface area contributed by atoms with Gasteiger partial charge in [0, 0.05) is 23.4 Å². The van der Waals surface area contributed by atoms with Crippen LogP contribution in [0.2, 0.25) is 5.02 Å². The molecule has 1 rings (SSSR count). The second-order valence-electron chi connectivity index (χ2n) is 3.44. The van der Waals surface area contributed by atoms with Crippen LogP contribution in [0.4, 0.5) is 0 Å². The van der Waals surface area contributed by atoms with Gasteiger partial charge in [0.1, 0.15) is 4.90 Å². The van der Waals surface area contributed by atoms with Gasteiger partial charge in [0.05, 0.1) is 5.02 Å². The lowest BCUT2D eigenvalue weighted by Crippen LogP contribution is -2.28. The molecule has 0 saturated heterocycles. The van der Waals surface area contributed by atoms with E-state index < -0.39 is 10.0 Å². The minimum Gasteiger partial charge on any atom is -0.207 e. The second kappa shape index (κ2) is 6.52. The van der Waals surface area contributed by atoms with Crippen molar-refractivity contribution >= 4 is 53.5 Å². The first kappa shape index (κ1) is 15.4. The summed E-state index contributed by atoms with van der Waals surface area (Å²) in [5.41, 5.74) is 0. The third kappa shape index (κ3) is 3.92. The van der Waals surface area contributed by atoms with Crippen LogP contribution in [-0.4, -0.2) is 31.6 Å². The molecule has 17 heavy (non-hydrogen) atoms. The molecule has 3 nitrogen and oxygen atoms in total. The first-order chi connectivity index (χ1) is 7.89. The molecule has 0 heterocycles. The van der Waals surface area contributed by atoms with E-state index >= 15 is 0 Å². The van der Waals surface area contributed by atoms with Crippen molar-refractivity contribution in [2.75, 3.05) is 18.9 Å². The summed E-state index contributed by atoms with van der Waals surface area (Å²) in [4.78, 5) is 0.138. The zero-order valence-electron chi connectivity index (χ0n) is 9.16. The van der Waals surface area contributed by atoms with Crippen molar-refractivity contribution in [1.82, 2.24) is 4.31 Å². The summed E-state index contributed by atoms with van der Waals surface area (Å²) in [6.07, 6.45) is 0.754. The molecule has 0 atom stereocenters. The van der Waals surface area contributed by atoms with Gasteiger partial charge in [-0.25, -0.2) is 12.7 Å². The summed E-state index contributed by atoms with van der Waals surface area (Å²) >= 11 is 12.5. The van der Waals surface area contributed by atoms with Crippen molar-refractivity contribution in [3.05, 3.63) is 27.7 Å². The molecular formula is C10H12Br2ClNO2S. The maximum absolute atomic E-state index is 12.2. The number of hydrogen-bond donors (Lipinski definition) is 0. The molecule has 0 radical (unpaired) electrons. The molecule has 0 aliphatic rings. The topological polar surface area (TPSA) is 37.4 Å². The Labute approximate surface area is 123 Å². The van der Waals surface area contributed by atoms with Gasteiger partial charge in [-0.1, -0.05) is 43.5 Å². The molecule has 0 aliphatic carbocycles. The van der Waals surface area contributed by atoms with Gasteiger partial charge in [0.25, 0.3) is 0 Å². The summed E-state index contributed by atoms with van der Waals surface area (Å²) in [5, 5.41) is 0.992. The van der Waals surface area contributed by atoms with E-state index in [0.717, 1.165) is 16.2 Å². The van der Waals surface area contributed by atoms with E-state index in [4.69, 9.17) is 11.6 Å². The van der Waals surface area contributed by atoms with Crippen LogP contribution in [0.15, 0.2) is 27.6 Å². The summed E-state index contributed by atoms with van der Waals surface area (Å²) < 4.78 is 26.4. The zero-order valence-corrected chi connectivity index (χ0v) is 13.9. The Balaban J connectivity index is 3.04. The van der Waals surface area contributed by atoms with Crippen LogP contribution in [0, 0.1) is 0 Å². The number of sulfonamides is 1. The van der Waals surface area contributed by atoms with Crippen LogP contribution < -0.4 is 0 Å². The predicted molar refractivity (Wildman–Crippen MR) is 77.4 cm³/mol. The zero-order chi connectivity index (χ0) is 13.1. The van der Waals surface area contributed by atoms with E-state index in [2.05, 4.69) is 31.9 Å². The molecule has 0 aromatic heterocycles. The number of rotatable bonds is 5. The largest absolute Gasteiger partial charge is 0.244 e. The SMILES string of the molecule is CN(CCCBr)S(=O)(=O)c1ccc(Br)cc1Cl. The first-order valence-corrected chi connectivity index (χ1v) is 8.60. The van der Waals surface area contributed by atoms with Crippen LogP contribution >= 0.6 is 43.5 Å². The van der Waals surface area contributed by atoms with Crippen molar-refractivity contribution in [3.8, 4) is 0 Å². The van der Waals surface area contributed by atoms with Gasteiger partial charge in [0.15, 0.2) is 0 Å². The Kier molecular flexibility index (Phi) is 5.92. The molecule has 0 unspecified atom stereocenters. The fourth-order valence-corrected chi connectivity index (χ4v) is 3.72. The van der Waals surface area contributed by atoms with Gasteiger partial charge in [-0.3, -0.25) is 0 Å². The lowest BCUT2D eigenvalue weighted by Gasteiger charge is -2.17. The molecule has 7 heteroatoms. The highest BCUT2D eigenvalue weighted by atomic mass is 79.9. The van der Waals surface area contributed by atoms with Crippen LogP contribution in [-0.2, 0) is 10.0 Å². The molecule has 0 N–H and O–H groups in total. The number of benzene rings is 1. The fraction of sp³-hybridized carbons (Fsp3) is 0.400. The Morgan fingerprint density at radius 1 is 1.41 bits per heavy atom. The molecule has 0 amide bonds. The van der Waals surface area contributed by atoms with Crippen molar-refractivity contribution < 1.29 is 8.42 Å². The minimum absolute atomic E-state index is 0.138. The average Bonchev–Trinajstić information content (AvgIpc) is 2.25. The molecule has 0 bridgehead atoms. The summed E-state index contributed by atoms with van der Waals surface area (Å²) in [6.45, 7) is 0.458. The van der Waals surface area contributed by atoms with Crippen molar-refractivity contribution in [3.63, 3.8) is 0 Å². The monoisotopic (exact) mass is 403 g/mol. The van der Waals surface area contributed by atoms with Crippen LogP contribution in [0.3, 0.4) is 0 Å². The summed E-state index contributed by atoms with van der Waals surface area (Å²) in [5.74, 6) is 0. The molecule has 1 aromatic rings. The van der Waals surface area contributed by atoms with Gasteiger partial charge < -0.3 is 0 Å². The lowest BCUT2D eigenvalue weighted by atomic mass is 10.4. The Hall–Kier alpha value is 0.380. The second-order valence-corrected chi connectivity index (χ2v) is 7.57. The van der Waals surface area contributed by atoms with Crippen molar-refractivity contribution in [2.24, 2.45) is 0 Å². The number of halogens is 3.